The lowest BCUT2D eigenvalue weighted by molar-refractivity contribution is 0.687. The van der Waals surface area contributed by atoms with Crippen LogP contribution >= 0.6 is 11.6 Å². The maximum Gasteiger partial charge on any atom is 0.0656 e. The van der Waals surface area contributed by atoms with Crippen LogP contribution < -0.4 is 11.1 Å². The summed E-state index contributed by atoms with van der Waals surface area (Å²) in [5, 5.41) is 4.06. The van der Waals surface area contributed by atoms with E-state index >= 15 is 0 Å². The number of halogens is 1. The highest BCUT2D eigenvalue weighted by molar-refractivity contribution is 6.33. The number of hydrogen-bond acceptors (Lipinski definition) is 2. The van der Waals surface area contributed by atoms with E-state index in [0.29, 0.717) is 10.7 Å². The summed E-state index contributed by atoms with van der Waals surface area (Å²) in [4.78, 5) is 0. The Labute approximate surface area is 102 Å². The van der Waals surface area contributed by atoms with Crippen LogP contribution in [0.25, 0.3) is 0 Å². The van der Waals surface area contributed by atoms with E-state index in [9.17, 15) is 0 Å². The van der Waals surface area contributed by atoms with E-state index in [4.69, 9.17) is 17.3 Å². The van der Waals surface area contributed by atoms with Gasteiger partial charge < -0.3 is 11.1 Å². The average molecular weight is 239 g/mol. The standard InChI is InChI=1S/C13H19ClN2/c1-9-7-12(15)11(14)8-13(9)16-6-2-3-10-4-5-10/h7-8,10,16H,2-6,15H2,1H3. The first-order valence-electron chi connectivity index (χ1n) is 5.96. The van der Waals surface area contributed by atoms with E-state index in [0.717, 1.165) is 23.7 Å². The van der Waals surface area contributed by atoms with E-state index in [-0.39, 0.29) is 0 Å². The lowest BCUT2D eigenvalue weighted by atomic mass is 10.1. The molecule has 0 heterocycles. The Bertz CT molecular complexity index is 372. The van der Waals surface area contributed by atoms with E-state index in [2.05, 4.69) is 12.2 Å². The molecule has 0 atom stereocenters. The molecule has 1 aliphatic rings. The van der Waals surface area contributed by atoms with Crippen LogP contribution in [0.1, 0.15) is 31.2 Å². The first kappa shape index (κ1) is 11.6. The minimum absolute atomic E-state index is 0.635. The van der Waals surface area contributed by atoms with Crippen LogP contribution in [0.4, 0.5) is 11.4 Å². The second-order valence-corrected chi connectivity index (χ2v) is 5.11. The summed E-state index contributed by atoms with van der Waals surface area (Å²) in [6.45, 7) is 3.08. The van der Waals surface area contributed by atoms with Crippen LogP contribution in [-0.4, -0.2) is 6.54 Å². The van der Waals surface area contributed by atoms with Gasteiger partial charge >= 0.3 is 0 Å². The largest absolute Gasteiger partial charge is 0.398 e. The molecule has 0 radical (unpaired) electrons. The summed E-state index contributed by atoms with van der Waals surface area (Å²) < 4.78 is 0. The smallest absolute Gasteiger partial charge is 0.0656 e. The van der Waals surface area contributed by atoms with Crippen molar-refractivity contribution in [1.82, 2.24) is 0 Å². The lowest BCUT2D eigenvalue weighted by Gasteiger charge is -2.11. The van der Waals surface area contributed by atoms with Gasteiger partial charge in [0, 0.05) is 12.2 Å². The SMILES string of the molecule is Cc1cc(N)c(Cl)cc1NCCCC1CC1. The number of aryl methyl sites for hydroxylation is 1. The van der Waals surface area contributed by atoms with Crippen molar-refractivity contribution < 1.29 is 0 Å². The Morgan fingerprint density at radius 2 is 2.19 bits per heavy atom. The van der Waals surface area contributed by atoms with Gasteiger partial charge in [0.2, 0.25) is 0 Å². The number of nitrogen functional groups attached to an aromatic ring is 1. The molecular weight excluding hydrogens is 220 g/mol. The van der Waals surface area contributed by atoms with Gasteiger partial charge in [-0.25, -0.2) is 0 Å². The Kier molecular flexibility index (Phi) is 3.59. The van der Waals surface area contributed by atoms with Crippen molar-refractivity contribution in [3.05, 3.63) is 22.7 Å². The molecule has 16 heavy (non-hydrogen) atoms. The molecule has 0 bridgehead atoms. The maximum absolute atomic E-state index is 5.99. The topological polar surface area (TPSA) is 38.0 Å². The third kappa shape index (κ3) is 3.05. The van der Waals surface area contributed by atoms with Crippen LogP contribution in [0.2, 0.25) is 5.02 Å². The fraction of sp³-hybridized carbons (Fsp3) is 0.538. The molecule has 0 aliphatic heterocycles. The molecule has 88 valence electrons. The van der Waals surface area contributed by atoms with Crippen molar-refractivity contribution >= 4 is 23.0 Å². The van der Waals surface area contributed by atoms with Crippen molar-refractivity contribution in [2.75, 3.05) is 17.6 Å². The fourth-order valence-corrected chi connectivity index (χ4v) is 2.08. The van der Waals surface area contributed by atoms with Gasteiger partial charge in [-0.15, -0.1) is 0 Å². The molecule has 1 fully saturated rings. The second kappa shape index (κ2) is 4.96. The Morgan fingerprint density at radius 3 is 2.88 bits per heavy atom. The molecule has 2 rings (SSSR count). The minimum Gasteiger partial charge on any atom is -0.398 e. The second-order valence-electron chi connectivity index (χ2n) is 4.70. The van der Waals surface area contributed by atoms with Gasteiger partial charge in [0.15, 0.2) is 0 Å². The maximum atomic E-state index is 5.99. The molecule has 1 saturated carbocycles. The molecule has 3 N–H and O–H groups in total. The van der Waals surface area contributed by atoms with Crippen LogP contribution in [0.3, 0.4) is 0 Å². The zero-order valence-corrected chi connectivity index (χ0v) is 10.5. The fourth-order valence-electron chi connectivity index (χ4n) is 1.91. The lowest BCUT2D eigenvalue weighted by Crippen LogP contribution is -2.04. The van der Waals surface area contributed by atoms with E-state index in [1.165, 1.54) is 25.7 Å². The molecule has 1 aromatic carbocycles. The molecule has 0 aromatic heterocycles. The van der Waals surface area contributed by atoms with Gasteiger partial charge in [0.25, 0.3) is 0 Å². The van der Waals surface area contributed by atoms with Crippen molar-refractivity contribution in [2.45, 2.75) is 32.6 Å². The number of hydrogen-bond donors (Lipinski definition) is 2. The molecule has 0 amide bonds. The highest BCUT2D eigenvalue weighted by Crippen LogP contribution is 2.33. The quantitative estimate of drug-likeness (QED) is 0.604. The van der Waals surface area contributed by atoms with E-state index in [1.54, 1.807) is 0 Å². The first-order valence-corrected chi connectivity index (χ1v) is 6.34. The van der Waals surface area contributed by atoms with E-state index in [1.807, 2.05) is 12.1 Å². The zero-order valence-electron chi connectivity index (χ0n) is 9.72. The molecule has 0 unspecified atom stereocenters. The summed E-state index contributed by atoms with van der Waals surface area (Å²) >= 11 is 5.99. The van der Waals surface area contributed by atoms with Crippen molar-refractivity contribution in [3.8, 4) is 0 Å². The average Bonchev–Trinajstić information content (AvgIpc) is 3.04. The van der Waals surface area contributed by atoms with Gasteiger partial charge in [-0.05, 0) is 43.4 Å². The normalized spacial score (nSPS) is 15.1. The van der Waals surface area contributed by atoms with Crippen LogP contribution in [0.15, 0.2) is 12.1 Å². The van der Waals surface area contributed by atoms with Crippen molar-refractivity contribution in [3.63, 3.8) is 0 Å². The molecule has 3 heteroatoms. The monoisotopic (exact) mass is 238 g/mol. The van der Waals surface area contributed by atoms with Gasteiger partial charge in [-0.1, -0.05) is 24.4 Å². The van der Waals surface area contributed by atoms with Gasteiger partial charge in [0.05, 0.1) is 10.7 Å². The predicted octanol–water partition coefficient (Wildman–Crippen LogP) is 3.83. The summed E-state index contributed by atoms with van der Waals surface area (Å²) in [7, 11) is 0. The summed E-state index contributed by atoms with van der Waals surface area (Å²) in [5.41, 5.74) is 8.65. The third-order valence-electron chi connectivity index (χ3n) is 3.15. The summed E-state index contributed by atoms with van der Waals surface area (Å²) in [6, 6.07) is 3.84. The Balaban J connectivity index is 1.85. The number of anilines is 2. The molecule has 0 saturated heterocycles. The summed E-state index contributed by atoms with van der Waals surface area (Å²) in [5.74, 6) is 1.01. The van der Waals surface area contributed by atoms with Crippen LogP contribution in [-0.2, 0) is 0 Å². The molecule has 2 nitrogen and oxygen atoms in total. The van der Waals surface area contributed by atoms with Gasteiger partial charge in [-0.3, -0.25) is 0 Å². The molecule has 1 aromatic rings. The zero-order chi connectivity index (χ0) is 11.5. The number of nitrogens with one attached hydrogen (secondary N) is 1. The third-order valence-corrected chi connectivity index (χ3v) is 3.47. The minimum atomic E-state index is 0.635. The van der Waals surface area contributed by atoms with E-state index < -0.39 is 0 Å². The highest BCUT2D eigenvalue weighted by atomic mass is 35.5. The Hall–Kier alpha value is -0.890. The first-order chi connectivity index (χ1) is 7.66. The number of rotatable bonds is 5. The van der Waals surface area contributed by atoms with Crippen LogP contribution in [0, 0.1) is 12.8 Å². The van der Waals surface area contributed by atoms with Gasteiger partial charge in [-0.2, -0.15) is 0 Å². The predicted molar refractivity (Wildman–Crippen MR) is 71.0 cm³/mol. The molecule has 1 aliphatic carbocycles. The molecular formula is C13H19ClN2. The van der Waals surface area contributed by atoms with Crippen molar-refractivity contribution in [2.24, 2.45) is 5.92 Å². The summed E-state index contributed by atoms with van der Waals surface area (Å²) in [6.07, 6.45) is 5.47. The van der Waals surface area contributed by atoms with Crippen molar-refractivity contribution in [1.29, 1.82) is 0 Å². The highest BCUT2D eigenvalue weighted by Gasteiger charge is 2.19. The van der Waals surface area contributed by atoms with Gasteiger partial charge in [0.1, 0.15) is 0 Å². The number of benzene rings is 1. The Morgan fingerprint density at radius 1 is 1.44 bits per heavy atom. The molecule has 0 spiro atoms. The number of nitrogens with two attached hydrogens (primary N) is 1. The van der Waals surface area contributed by atoms with Crippen LogP contribution in [0.5, 0.6) is 0 Å².